The van der Waals surface area contributed by atoms with Crippen LogP contribution in [-0.4, -0.2) is 51.1 Å². The predicted molar refractivity (Wildman–Crippen MR) is 132 cm³/mol. The van der Waals surface area contributed by atoms with Gasteiger partial charge >= 0.3 is 0 Å². The number of hydrogen-bond donors (Lipinski definition) is 1. The largest absolute Gasteiger partial charge is 0.475 e. The second-order valence-corrected chi connectivity index (χ2v) is 8.83. The number of benzene rings is 2. The molecule has 0 saturated carbocycles. The maximum atomic E-state index is 9.47. The second-order valence-electron chi connectivity index (χ2n) is 8.83. The highest BCUT2D eigenvalue weighted by atomic mass is 16.5. The van der Waals surface area contributed by atoms with E-state index in [1.165, 1.54) is 6.42 Å². The van der Waals surface area contributed by atoms with Gasteiger partial charge < -0.3 is 14.7 Å². The van der Waals surface area contributed by atoms with E-state index in [4.69, 9.17) is 16.3 Å². The number of aliphatic hydroxyl groups is 1. The lowest BCUT2D eigenvalue weighted by molar-refractivity contribution is 0.148. The van der Waals surface area contributed by atoms with Gasteiger partial charge in [0.1, 0.15) is 0 Å². The topological polar surface area (TPSA) is 67.2 Å². The minimum absolute atomic E-state index is 0.00685. The number of aromatic nitrogens is 3. The van der Waals surface area contributed by atoms with E-state index in [-0.39, 0.29) is 6.61 Å². The highest BCUT2D eigenvalue weighted by Crippen LogP contribution is 2.35. The van der Waals surface area contributed by atoms with Gasteiger partial charge in [0.15, 0.2) is 5.69 Å². The number of piperidine rings is 1. The first-order valence-corrected chi connectivity index (χ1v) is 11.5. The standard InChI is InChI=1S/C27H27N5O2/c1-28-23-11-9-21(10-12-23)24-25(22-7-5-19(17-33)6-8-22)32-15-13-29-26(32)27(30-24)34-18-20-4-3-14-31(2)16-20/h5-13,15,20,33H,3-4,14,16-18H2,2H3/t20-/m1/s1. The van der Waals surface area contributed by atoms with Gasteiger partial charge in [0, 0.05) is 30.4 Å². The van der Waals surface area contributed by atoms with Gasteiger partial charge in [-0.2, -0.15) is 0 Å². The zero-order valence-electron chi connectivity index (χ0n) is 19.2. The third-order valence-corrected chi connectivity index (χ3v) is 6.37. The summed E-state index contributed by atoms with van der Waals surface area (Å²) >= 11 is 0. The number of likely N-dealkylation sites (tertiary alicyclic amines) is 1. The van der Waals surface area contributed by atoms with Crippen LogP contribution in [0.1, 0.15) is 18.4 Å². The van der Waals surface area contributed by atoms with E-state index in [9.17, 15) is 5.11 Å². The molecular weight excluding hydrogens is 426 g/mol. The molecule has 0 spiro atoms. The second kappa shape index (κ2) is 9.64. The first-order valence-electron chi connectivity index (χ1n) is 11.5. The molecular formula is C27H27N5O2. The van der Waals surface area contributed by atoms with Crippen molar-refractivity contribution in [3.8, 4) is 28.4 Å². The summed E-state index contributed by atoms with van der Waals surface area (Å²) in [5, 5.41) is 9.47. The molecule has 1 fully saturated rings. The van der Waals surface area contributed by atoms with Crippen molar-refractivity contribution in [1.82, 2.24) is 19.3 Å². The van der Waals surface area contributed by atoms with Crippen LogP contribution in [0.25, 0.3) is 33.0 Å². The number of ether oxygens (including phenoxy) is 1. The molecule has 4 aromatic rings. The molecule has 1 N–H and O–H groups in total. The highest BCUT2D eigenvalue weighted by molar-refractivity contribution is 5.82. The number of imidazole rings is 1. The summed E-state index contributed by atoms with van der Waals surface area (Å²) in [6, 6.07) is 15.2. The average Bonchev–Trinajstić information content (AvgIpc) is 3.37. The molecule has 7 nitrogen and oxygen atoms in total. The molecule has 1 saturated heterocycles. The Bertz CT molecular complexity index is 1320. The molecule has 1 atom stereocenters. The highest BCUT2D eigenvalue weighted by Gasteiger charge is 2.22. The summed E-state index contributed by atoms with van der Waals surface area (Å²) in [4.78, 5) is 15.4. The van der Waals surface area contributed by atoms with Crippen LogP contribution in [0, 0.1) is 12.5 Å². The molecule has 0 amide bonds. The van der Waals surface area contributed by atoms with Gasteiger partial charge in [-0.25, -0.2) is 14.8 Å². The molecule has 0 aliphatic carbocycles. The van der Waals surface area contributed by atoms with Crippen LogP contribution in [0.3, 0.4) is 0 Å². The van der Waals surface area contributed by atoms with Crippen molar-refractivity contribution in [2.24, 2.45) is 5.92 Å². The van der Waals surface area contributed by atoms with E-state index in [1.807, 2.05) is 47.0 Å². The zero-order valence-corrected chi connectivity index (χ0v) is 19.2. The Kier molecular flexibility index (Phi) is 6.26. The monoisotopic (exact) mass is 453 g/mol. The lowest BCUT2D eigenvalue weighted by Crippen LogP contribution is -2.34. The van der Waals surface area contributed by atoms with Crippen molar-refractivity contribution in [3.63, 3.8) is 0 Å². The van der Waals surface area contributed by atoms with Crippen LogP contribution >= 0.6 is 0 Å². The predicted octanol–water partition coefficient (Wildman–Crippen LogP) is 4.83. The lowest BCUT2D eigenvalue weighted by Gasteiger charge is -2.29. The van der Waals surface area contributed by atoms with Gasteiger partial charge in [-0.05, 0) is 37.6 Å². The molecule has 2 aromatic heterocycles. The van der Waals surface area contributed by atoms with Gasteiger partial charge in [0.25, 0.3) is 5.88 Å². The summed E-state index contributed by atoms with van der Waals surface area (Å²) in [6.45, 7) is 10.0. The lowest BCUT2D eigenvalue weighted by atomic mass is 10.00. The summed E-state index contributed by atoms with van der Waals surface area (Å²) in [7, 11) is 2.15. The zero-order chi connectivity index (χ0) is 23.5. The van der Waals surface area contributed by atoms with Crippen LogP contribution in [0.4, 0.5) is 5.69 Å². The van der Waals surface area contributed by atoms with E-state index >= 15 is 0 Å². The molecule has 1 aliphatic heterocycles. The Morgan fingerprint density at radius 1 is 1.12 bits per heavy atom. The Hall–Kier alpha value is -3.73. The molecule has 5 rings (SSSR count). The molecule has 0 bridgehead atoms. The SMILES string of the molecule is [C-]#[N+]c1ccc(-c2nc(OC[C@@H]3CCCN(C)C3)c3nccn3c2-c2ccc(CO)cc2)cc1. The number of aliphatic hydroxyl groups excluding tert-OH is 1. The fourth-order valence-corrected chi connectivity index (χ4v) is 4.60. The third kappa shape index (κ3) is 4.38. The first kappa shape index (κ1) is 22.1. The Labute approximate surface area is 199 Å². The van der Waals surface area contributed by atoms with E-state index in [0.29, 0.717) is 29.7 Å². The van der Waals surface area contributed by atoms with Gasteiger partial charge in [-0.3, -0.25) is 4.40 Å². The Morgan fingerprint density at radius 3 is 2.59 bits per heavy atom. The third-order valence-electron chi connectivity index (χ3n) is 6.37. The van der Waals surface area contributed by atoms with Crippen molar-refractivity contribution in [2.75, 3.05) is 26.7 Å². The quantitative estimate of drug-likeness (QED) is 0.424. The van der Waals surface area contributed by atoms with Crippen LogP contribution in [0.2, 0.25) is 0 Å². The van der Waals surface area contributed by atoms with Gasteiger partial charge in [0.05, 0.1) is 31.2 Å². The number of nitrogens with zero attached hydrogens (tertiary/aromatic N) is 5. The summed E-state index contributed by atoms with van der Waals surface area (Å²) in [5.41, 5.74) is 5.60. The van der Waals surface area contributed by atoms with Crippen LogP contribution in [0.15, 0.2) is 60.9 Å². The fourth-order valence-electron chi connectivity index (χ4n) is 4.60. The Morgan fingerprint density at radius 2 is 1.88 bits per heavy atom. The molecule has 3 heterocycles. The van der Waals surface area contributed by atoms with E-state index < -0.39 is 0 Å². The van der Waals surface area contributed by atoms with Crippen LogP contribution in [-0.2, 0) is 6.61 Å². The van der Waals surface area contributed by atoms with Crippen molar-refractivity contribution >= 4 is 11.3 Å². The smallest absolute Gasteiger partial charge is 0.259 e. The van der Waals surface area contributed by atoms with Gasteiger partial charge in [0.2, 0.25) is 5.65 Å². The number of fused-ring (bicyclic) bond motifs is 1. The summed E-state index contributed by atoms with van der Waals surface area (Å²) in [5.74, 6) is 0.973. The van der Waals surface area contributed by atoms with Crippen molar-refractivity contribution in [2.45, 2.75) is 19.4 Å². The van der Waals surface area contributed by atoms with Crippen LogP contribution < -0.4 is 4.74 Å². The van der Waals surface area contributed by atoms with Crippen molar-refractivity contribution in [3.05, 3.63) is 77.9 Å². The van der Waals surface area contributed by atoms with E-state index in [2.05, 4.69) is 21.8 Å². The van der Waals surface area contributed by atoms with Gasteiger partial charge in [-0.1, -0.05) is 48.5 Å². The van der Waals surface area contributed by atoms with E-state index in [1.54, 1.807) is 18.3 Å². The fraction of sp³-hybridized carbons (Fsp3) is 0.296. The van der Waals surface area contributed by atoms with Crippen molar-refractivity contribution in [1.29, 1.82) is 0 Å². The number of hydrogen-bond acceptors (Lipinski definition) is 5. The van der Waals surface area contributed by atoms with Crippen LogP contribution in [0.5, 0.6) is 5.88 Å². The normalized spacial score (nSPS) is 16.4. The average molecular weight is 454 g/mol. The molecule has 34 heavy (non-hydrogen) atoms. The summed E-state index contributed by atoms with van der Waals surface area (Å²) < 4.78 is 8.31. The molecule has 0 unspecified atom stereocenters. The first-order chi connectivity index (χ1) is 16.7. The van der Waals surface area contributed by atoms with E-state index in [0.717, 1.165) is 47.6 Å². The molecule has 0 radical (unpaired) electrons. The molecule has 7 heteroatoms. The minimum atomic E-state index is -0.00685. The Balaban J connectivity index is 1.61. The summed E-state index contributed by atoms with van der Waals surface area (Å²) in [6.07, 6.45) is 6.01. The molecule has 172 valence electrons. The maximum absolute atomic E-state index is 9.47. The maximum Gasteiger partial charge on any atom is 0.259 e. The van der Waals surface area contributed by atoms with Gasteiger partial charge in [-0.15, -0.1) is 0 Å². The van der Waals surface area contributed by atoms with Crippen molar-refractivity contribution < 1.29 is 9.84 Å². The molecule has 1 aliphatic rings. The molecule has 2 aromatic carbocycles. The minimum Gasteiger partial charge on any atom is -0.475 e. The number of rotatable bonds is 6.